The number of aryl methyl sites for hydroxylation is 1. The molecule has 0 fully saturated rings. The van der Waals surface area contributed by atoms with Crippen LogP contribution in [0, 0.1) is 0 Å². The topological polar surface area (TPSA) is 16.1 Å². The fourth-order valence-electron chi connectivity index (χ4n) is 1.74. The molecule has 0 saturated heterocycles. The molecule has 16 heavy (non-hydrogen) atoms. The Balaban J connectivity index is 2.93. The molecule has 0 aromatic carbocycles. The van der Waals surface area contributed by atoms with Gasteiger partial charge in [0.15, 0.2) is 0 Å². The average Bonchev–Trinajstić information content (AvgIpc) is 2.29. The average molecular weight is 241 g/mol. The highest BCUT2D eigenvalue weighted by Gasteiger charge is 2.05. The van der Waals surface area contributed by atoms with Crippen molar-refractivity contribution < 1.29 is 0 Å². The fourth-order valence-corrected chi connectivity index (χ4v) is 1.89. The number of alkyl halides is 1. The van der Waals surface area contributed by atoms with Gasteiger partial charge >= 0.3 is 0 Å². The summed E-state index contributed by atoms with van der Waals surface area (Å²) in [5.41, 5.74) is 2.32. The van der Waals surface area contributed by atoms with Crippen LogP contribution in [0.4, 0.5) is 5.82 Å². The number of halogens is 1. The van der Waals surface area contributed by atoms with E-state index in [9.17, 15) is 0 Å². The zero-order chi connectivity index (χ0) is 12.0. The van der Waals surface area contributed by atoms with Crippen molar-refractivity contribution in [2.75, 3.05) is 18.5 Å². The summed E-state index contributed by atoms with van der Waals surface area (Å²) in [6.07, 6.45) is 3.28. The lowest BCUT2D eigenvalue weighted by Crippen LogP contribution is -2.19. The van der Waals surface area contributed by atoms with Gasteiger partial charge in [-0.3, -0.25) is 0 Å². The Labute approximate surface area is 104 Å². The van der Waals surface area contributed by atoms with Crippen molar-refractivity contribution in [1.29, 1.82) is 0 Å². The van der Waals surface area contributed by atoms with Crippen molar-refractivity contribution in [3.8, 4) is 0 Å². The van der Waals surface area contributed by atoms with Gasteiger partial charge in [-0.1, -0.05) is 20.3 Å². The Kier molecular flexibility index (Phi) is 5.61. The predicted octanol–water partition coefficient (Wildman–Crippen LogP) is 3.62. The molecule has 0 aliphatic heterocycles. The third kappa shape index (κ3) is 3.67. The SMILES string of the molecule is CCCc1cc(CCl)cc(N(C)CCC)n1. The summed E-state index contributed by atoms with van der Waals surface area (Å²) in [6, 6.07) is 4.20. The maximum atomic E-state index is 5.91. The molecule has 3 heteroatoms. The molecular weight excluding hydrogens is 220 g/mol. The summed E-state index contributed by atoms with van der Waals surface area (Å²) in [6.45, 7) is 5.38. The molecule has 0 radical (unpaired) electrons. The molecule has 0 unspecified atom stereocenters. The van der Waals surface area contributed by atoms with Crippen LogP contribution in [-0.2, 0) is 12.3 Å². The smallest absolute Gasteiger partial charge is 0.128 e. The second kappa shape index (κ2) is 6.74. The van der Waals surface area contributed by atoms with Crippen molar-refractivity contribution >= 4 is 17.4 Å². The van der Waals surface area contributed by atoms with E-state index in [1.165, 1.54) is 0 Å². The first-order valence-electron chi connectivity index (χ1n) is 5.98. The second-order valence-electron chi connectivity index (χ2n) is 4.13. The number of aromatic nitrogens is 1. The third-order valence-corrected chi connectivity index (χ3v) is 2.84. The van der Waals surface area contributed by atoms with Crippen molar-refractivity contribution in [2.24, 2.45) is 0 Å². The van der Waals surface area contributed by atoms with Crippen molar-refractivity contribution in [3.63, 3.8) is 0 Å². The van der Waals surface area contributed by atoms with Crippen LogP contribution in [0.1, 0.15) is 37.9 Å². The van der Waals surface area contributed by atoms with Gasteiger partial charge in [-0.15, -0.1) is 11.6 Å². The molecule has 90 valence electrons. The number of pyridine rings is 1. The lowest BCUT2D eigenvalue weighted by Gasteiger charge is -2.18. The highest BCUT2D eigenvalue weighted by atomic mass is 35.5. The number of rotatable bonds is 6. The van der Waals surface area contributed by atoms with Gasteiger partial charge in [0.25, 0.3) is 0 Å². The van der Waals surface area contributed by atoms with E-state index in [1.54, 1.807) is 0 Å². The Morgan fingerprint density at radius 1 is 1.25 bits per heavy atom. The quantitative estimate of drug-likeness (QED) is 0.706. The molecule has 0 amide bonds. The maximum Gasteiger partial charge on any atom is 0.128 e. The van der Waals surface area contributed by atoms with Crippen LogP contribution in [0.2, 0.25) is 0 Å². The molecule has 0 saturated carbocycles. The molecule has 1 heterocycles. The van der Waals surface area contributed by atoms with E-state index in [4.69, 9.17) is 11.6 Å². The number of nitrogens with zero attached hydrogens (tertiary/aromatic N) is 2. The van der Waals surface area contributed by atoms with E-state index in [0.717, 1.165) is 42.9 Å². The van der Waals surface area contributed by atoms with Gasteiger partial charge in [0.05, 0.1) is 0 Å². The van der Waals surface area contributed by atoms with Gasteiger partial charge in [-0.25, -0.2) is 4.98 Å². The van der Waals surface area contributed by atoms with Gasteiger partial charge in [-0.2, -0.15) is 0 Å². The second-order valence-corrected chi connectivity index (χ2v) is 4.40. The van der Waals surface area contributed by atoms with Crippen LogP contribution in [0.25, 0.3) is 0 Å². The summed E-state index contributed by atoms with van der Waals surface area (Å²) in [5.74, 6) is 1.61. The number of anilines is 1. The summed E-state index contributed by atoms with van der Waals surface area (Å²) >= 11 is 5.91. The zero-order valence-corrected chi connectivity index (χ0v) is 11.2. The molecule has 1 rings (SSSR count). The minimum atomic E-state index is 0.562. The summed E-state index contributed by atoms with van der Waals surface area (Å²) < 4.78 is 0. The highest BCUT2D eigenvalue weighted by Crippen LogP contribution is 2.17. The first-order chi connectivity index (χ1) is 7.71. The van der Waals surface area contributed by atoms with Crippen LogP contribution in [0.3, 0.4) is 0 Å². The van der Waals surface area contributed by atoms with Crippen LogP contribution in [-0.4, -0.2) is 18.6 Å². The minimum Gasteiger partial charge on any atom is -0.360 e. The standard InChI is InChI=1S/C13H21ClN2/c1-4-6-12-8-11(10-14)9-13(15-12)16(3)7-5-2/h8-9H,4-7,10H2,1-3H3. The van der Waals surface area contributed by atoms with Crippen LogP contribution >= 0.6 is 11.6 Å². The molecule has 0 bridgehead atoms. The van der Waals surface area contributed by atoms with E-state index >= 15 is 0 Å². The molecule has 1 aromatic rings. The maximum absolute atomic E-state index is 5.91. The largest absolute Gasteiger partial charge is 0.360 e. The molecular formula is C13H21ClN2. The van der Waals surface area contributed by atoms with Crippen LogP contribution in [0.15, 0.2) is 12.1 Å². The molecule has 0 aliphatic carbocycles. The normalized spacial score (nSPS) is 10.5. The van der Waals surface area contributed by atoms with E-state index in [2.05, 4.69) is 42.9 Å². The Hall–Kier alpha value is -0.760. The van der Waals surface area contributed by atoms with E-state index in [1.807, 2.05) is 0 Å². The van der Waals surface area contributed by atoms with Gasteiger partial charge in [0.1, 0.15) is 5.82 Å². The summed E-state index contributed by atoms with van der Waals surface area (Å²) in [4.78, 5) is 6.85. The van der Waals surface area contributed by atoms with E-state index < -0.39 is 0 Å². The van der Waals surface area contributed by atoms with Crippen LogP contribution in [0.5, 0.6) is 0 Å². The van der Waals surface area contributed by atoms with E-state index in [-0.39, 0.29) is 0 Å². The first kappa shape index (κ1) is 13.3. The Bertz CT molecular complexity index is 326. The highest BCUT2D eigenvalue weighted by molar-refractivity contribution is 6.17. The van der Waals surface area contributed by atoms with Gasteiger partial charge in [0, 0.05) is 25.2 Å². The lowest BCUT2D eigenvalue weighted by atomic mass is 10.2. The molecule has 0 atom stereocenters. The van der Waals surface area contributed by atoms with Gasteiger partial charge in [-0.05, 0) is 30.5 Å². The van der Waals surface area contributed by atoms with Crippen molar-refractivity contribution in [2.45, 2.75) is 39.0 Å². The van der Waals surface area contributed by atoms with Crippen LogP contribution < -0.4 is 4.90 Å². The molecule has 1 aromatic heterocycles. The minimum absolute atomic E-state index is 0.562. The third-order valence-electron chi connectivity index (χ3n) is 2.54. The molecule has 0 spiro atoms. The first-order valence-corrected chi connectivity index (χ1v) is 6.51. The Morgan fingerprint density at radius 3 is 2.56 bits per heavy atom. The fraction of sp³-hybridized carbons (Fsp3) is 0.615. The molecule has 2 nitrogen and oxygen atoms in total. The van der Waals surface area contributed by atoms with E-state index in [0.29, 0.717) is 5.88 Å². The van der Waals surface area contributed by atoms with Gasteiger partial charge in [0.2, 0.25) is 0 Å². The van der Waals surface area contributed by atoms with Crippen molar-refractivity contribution in [1.82, 2.24) is 4.98 Å². The Morgan fingerprint density at radius 2 is 2.00 bits per heavy atom. The summed E-state index contributed by atoms with van der Waals surface area (Å²) in [7, 11) is 2.08. The monoisotopic (exact) mass is 240 g/mol. The predicted molar refractivity (Wildman–Crippen MR) is 71.4 cm³/mol. The number of hydrogen-bond donors (Lipinski definition) is 0. The lowest BCUT2D eigenvalue weighted by molar-refractivity contribution is 0.818. The van der Waals surface area contributed by atoms with Gasteiger partial charge < -0.3 is 4.90 Å². The summed E-state index contributed by atoms with van der Waals surface area (Å²) in [5, 5.41) is 0. The molecule has 0 N–H and O–H groups in total. The molecule has 0 aliphatic rings. The zero-order valence-electron chi connectivity index (χ0n) is 10.5. The van der Waals surface area contributed by atoms with Crippen molar-refractivity contribution in [3.05, 3.63) is 23.4 Å². The number of hydrogen-bond acceptors (Lipinski definition) is 2.